The molecule has 1 aromatic heterocycles. The first-order chi connectivity index (χ1) is 14.0. The minimum Gasteiger partial charge on any atom is -0.478 e. The summed E-state index contributed by atoms with van der Waals surface area (Å²) in [4.78, 5) is 11.3. The first kappa shape index (κ1) is 20.2. The number of hydrogen-bond donors (Lipinski definition) is 1. The van der Waals surface area contributed by atoms with Gasteiger partial charge < -0.3 is 9.67 Å². The lowest BCUT2D eigenvalue weighted by Crippen LogP contribution is -2.10. The van der Waals surface area contributed by atoms with Gasteiger partial charge in [-0.05, 0) is 70.5 Å². The Bertz CT molecular complexity index is 1190. The number of fused-ring (bicyclic) bond motifs is 3. The van der Waals surface area contributed by atoms with Gasteiger partial charge in [-0.2, -0.15) is 0 Å². The molecule has 4 rings (SSSR count). The molecule has 0 fully saturated rings. The lowest BCUT2D eigenvalue weighted by atomic mass is 9.85. The molecule has 0 bridgehead atoms. The predicted molar refractivity (Wildman–Crippen MR) is 125 cm³/mol. The van der Waals surface area contributed by atoms with Crippen LogP contribution in [0.3, 0.4) is 0 Å². The number of carbonyl (C=O) groups is 1. The quantitative estimate of drug-likeness (QED) is 0.391. The third kappa shape index (κ3) is 3.39. The highest BCUT2D eigenvalue weighted by Crippen LogP contribution is 2.37. The number of benzene rings is 3. The van der Waals surface area contributed by atoms with Gasteiger partial charge in [0.05, 0.1) is 16.6 Å². The standard InChI is InChI=1S/C27H29NO2/c1-26(2,3)18-9-13-23-21(15-18)22-16-19(27(4,5)6)10-14-24(22)28(23)20-11-7-17(8-12-20)25(29)30/h7-16H,1-6H3,(H,29,30). The summed E-state index contributed by atoms with van der Waals surface area (Å²) >= 11 is 0. The Balaban J connectivity index is 2.06. The van der Waals surface area contributed by atoms with E-state index in [9.17, 15) is 9.90 Å². The minimum atomic E-state index is -0.909. The Morgan fingerprint density at radius 2 is 1.13 bits per heavy atom. The second kappa shape index (κ2) is 6.73. The molecule has 30 heavy (non-hydrogen) atoms. The Kier molecular flexibility index (Phi) is 4.54. The maximum absolute atomic E-state index is 11.3. The molecule has 0 spiro atoms. The van der Waals surface area contributed by atoms with Crippen molar-refractivity contribution < 1.29 is 9.90 Å². The maximum atomic E-state index is 11.3. The molecule has 0 atom stereocenters. The molecule has 0 aliphatic rings. The van der Waals surface area contributed by atoms with Crippen LogP contribution in [0.25, 0.3) is 27.5 Å². The van der Waals surface area contributed by atoms with E-state index in [1.807, 2.05) is 12.1 Å². The summed E-state index contributed by atoms with van der Waals surface area (Å²) in [6.07, 6.45) is 0. The average Bonchev–Trinajstić information content (AvgIpc) is 2.99. The Hall–Kier alpha value is -3.07. The molecule has 1 N–H and O–H groups in total. The molecule has 0 aliphatic carbocycles. The van der Waals surface area contributed by atoms with Gasteiger partial charge in [0.25, 0.3) is 0 Å². The van der Waals surface area contributed by atoms with Gasteiger partial charge in [-0.3, -0.25) is 0 Å². The largest absolute Gasteiger partial charge is 0.478 e. The van der Waals surface area contributed by atoms with Crippen LogP contribution in [0.1, 0.15) is 63.0 Å². The number of nitrogens with zero attached hydrogens (tertiary/aromatic N) is 1. The zero-order valence-electron chi connectivity index (χ0n) is 18.6. The first-order valence-corrected chi connectivity index (χ1v) is 10.4. The van der Waals surface area contributed by atoms with Crippen LogP contribution in [0, 0.1) is 0 Å². The fourth-order valence-corrected chi connectivity index (χ4v) is 3.99. The van der Waals surface area contributed by atoms with E-state index in [1.165, 1.54) is 21.9 Å². The molecule has 1 heterocycles. The van der Waals surface area contributed by atoms with Crippen molar-refractivity contribution in [1.29, 1.82) is 0 Å². The van der Waals surface area contributed by atoms with Gasteiger partial charge in [0.15, 0.2) is 0 Å². The van der Waals surface area contributed by atoms with Crippen molar-refractivity contribution in [3.63, 3.8) is 0 Å². The van der Waals surface area contributed by atoms with Crippen LogP contribution in [-0.4, -0.2) is 15.6 Å². The van der Waals surface area contributed by atoms with Crippen LogP contribution < -0.4 is 0 Å². The molecule has 4 aromatic rings. The van der Waals surface area contributed by atoms with Crippen molar-refractivity contribution in [1.82, 2.24) is 4.57 Å². The summed E-state index contributed by atoms with van der Waals surface area (Å²) in [5.74, 6) is -0.909. The van der Waals surface area contributed by atoms with Gasteiger partial charge in [-0.25, -0.2) is 4.79 Å². The van der Waals surface area contributed by atoms with Crippen molar-refractivity contribution in [3.05, 3.63) is 77.4 Å². The van der Waals surface area contributed by atoms with E-state index in [2.05, 4.69) is 82.5 Å². The molecular weight excluding hydrogens is 370 g/mol. The zero-order valence-corrected chi connectivity index (χ0v) is 18.6. The molecule has 154 valence electrons. The van der Waals surface area contributed by atoms with E-state index in [1.54, 1.807) is 12.1 Å². The number of carboxylic acid groups (broad SMARTS) is 1. The minimum absolute atomic E-state index is 0.0629. The van der Waals surface area contributed by atoms with Crippen LogP contribution in [0.15, 0.2) is 60.7 Å². The third-order valence-electron chi connectivity index (χ3n) is 5.87. The zero-order chi connectivity index (χ0) is 21.8. The molecule has 0 aliphatic heterocycles. The molecule has 0 radical (unpaired) electrons. The van der Waals surface area contributed by atoms with E-state index in [4.69, 9.17) is 0 Å². The lowest BCUT2D eigenvalue weighted by molar-refractivity contribution is 0.0697. The number of carboxylic acids is 1. The maximum Gasteiger partial charge on any atom is 0.335 e. The highest BCUT2D eigenvalue weighted by molar-refractivity contribution is 6.10. The molecule has 3 heteroatoms. The van der Waals surface area contributed by atoms with Crippen LogP contribution in [-0.2, 0) is 10.8 Å². The molecule has 0 saturated carbocycles. The normalized spacial score (nSPS) is 12.6. The summed E-state index contributed by atoms with van der Waals surface area (Å²) in [5, 5.41) is 11.7. The fourth-order valence-electron chi connectivity index (χ4n) is 3.99. The van der Waals surface area contributed by atoms with Crippen molar-refractivity contribution >= 4 is 27.8 Å². The average molecular weight is 400 g/mol. The Morgan fingerprint density at radius 3 is 1.50 bits per heavy atom. The molecule has 0 saturated heterocycles. The summed E-state index contributed by atoms with van der Waals surface area (Å²) < 4.78 is 2.23. The van der Waals surface area contributed by atoms with E-state index in [0.29, 0.717) is 5.56 Å². The van der Waals surface area contributed by atoms with Crippen LogP contribution >= 0.6 is 0 Å². The Morgan fingerprint density at radius 1 is 0.700 bits per heavy atom. The van der Waals surface area contributed by atoms with Gasteiger partial charge in [-0.1, -0.05) is 53.7 Å². The van der Waals surface area contributed by atoms with E-state index < -0.39 is 5.97 Å². The van der Waals surface area contributed by atoms with E-state index >= 15 is 0 Å². The van der Waals surface area contributed by atoms with Crippen LogP contribution in [0.5, 0.6) is 0 Å². The number of rotatable bonds is 2. The van der Waals surface area contributed by atoms with Crippen molar-refractivity contribution in [2.45, 2.75) is 52.4 Å². The summed E-state index contributed by atoms with van der Waals surface area (Å²) in [7, 11) is 0. The second-order valence-electron chi connectivity index (χ2n) is 10.2. The van der Waals surface area contributed by atoms with Crippen molar-refractivity contribution in [2.75, 3.05) is 0 Å². The molecule has 0 unspecified atom stereocenters. The van der Waals surface area contributed by atoms with Crippen molar-refractivity contribution in [3.8, 4) is 5.69 Å². The number of hydrogen-bond acceptors (Lipinski definition) is 1. The van der Waals surface area contributed by atoms with Gasteiger partial charge in [0.1, 0.15) is 0 Å². The summed E-state index contributed by atoms with van der Waals surface area (Å²) in [6, 6.07) is 20.5. The third-order valence-corrected chi connectivity index (χ3v) is 5.87. The summed E-state index contributed by atoms with van der Waals surface area (Å²) in [5.41, 5.74) is 6.25. The van der Waals surface area contributed by atoms with E-state index in [-0.39, 0.29) is 10.8 Å². The number of aromatic carboxylic acids is 1. The SMILES string of the molecule is CC(C)(C)c1ccc2c(c1)c1cc(C(C)(C)C)ccc1n2-c1ccc(C(=O)O)cc1. The van der Waals surface area contributed by atoms with Gasteiger partial charge >= 0.3 is 5.97 Å². The van der Waals surface area contributed by atoms with Gasteiger partial charge in [0.2, 0.25) is 0 Å². The Labute approximate surface area is 178 Å². The lowest BCUT2D eigenvalue weighted by Gasteiger charge is -2.19. The number of aromatic nitrogens is 1. The highest BCUT2D eigenvalue weighted by Gasteiger charge is 2.20. The van der Waals surface area contributed by atoms with Crippen LogP contribution in [0.4, 0.5) is 0 Å². The molecule has 0 amide bonds. The van der Waals surface area contributed by atoms with Crippen molar-refractivity contribution in [2.24, 2.45) is 0 Å². The predicted octanol–water partition coefficient (Wildman–Crippen LogP) is 7.08. The van der Waals surface area contributed by atoms with E-state index in [0.717, 1.165) is 16.7 Å². The molecule has 3 aromatic carbocycles. The summed E-state index contributed by atoms with van der Waals surface area (Å²) in [6.45, 7) is 13.4. The van der Waals surface area contributed by atoms with Gasteiger partial charge in [-0.15, -0.1) is 0 Å². The smallest absolute Gasteiger partial charge is 0.335 e. The molecular formula is C27H29NO2. The highest BCUT2D eigenvalue weighted by atomic mass is 16.4. The monoisotopic (exact) mass is 399 g/mol. The molecule has 3 nitrogen and oxygen atoms in total. The fraction of sp³-hybridized carbons (Fsp3) is 0.296. The first-order valence-electron chi connectivity index (χ1n) is 10.4. The topological polar surface area (TPSA) is 42.2 Å². The van der Waals surface area contributed by atoms with Gasteiger partial charge in [0, 0.05) is 16.5 Å². The van der Waals surface area contributed by atoms with Crippen LogP contribution in [0.2, 0.25) is 0 Å². The second-order valence-corrected chi connectivity index (χ2v) is 10.2.